The summed E-state index contributed by atoms with van der Waals surface area (Å²) in [6, 6.07) is 8.18. The van der Waals surface area contributed by atoms with E-state index in [-0.39, 0.29) is 31.1 Å². The Bertz CT molecular complexity index is 1080. The molecule has 0 bridgehead atoms. The molecule has 1 aliphatic heterocycles. The Kier molecular flexibility index (Phi) is 6.22. The number of rotatable bonds is 6. The topological polar surface area (TPSA) is 84.0 Å². The molecule has 158 valence electrons. The first-order valence-corrected chi connectivity index (χ1v) is 11.7. The Morgan fingerprint density at radius 2 is 1.41 bits per heavy atom. The zero-order chi connectivity index (χ0) is 21.2. The van der Waals surface area contributed by atoms with E-state index >= 15 is 0 Å². The number of ether oxygens (including phenoxy) is 1. The number of benzene rings is 2. The molecule has 1 saturated heterocycles. The molecule has 2 aromatic rings. The average molecular weight is 446 g/mol. The molecule has 0 aromatic heterocycles. The highest BCUT2D eigenvalue weighted by Gasteiger charge is 2.35. The third-order valence-electron chi connectivity index (χ3n) is 4.48. The van der Waals surface area contributed by atoms with E-state index in [0.717, 1.165) is 16.4 Å². The molecule has 0 spiro atoms. The molecular weight excluding hydrogens is 426 g/mol. The van der Waals surface area contributed by atoms with Crippen LogP contribution in [0.25, 0.3) is 0 Å². The molecule has 0 atom stereocenters. The number of nitrogens with zero attached hydrogens (tertiary/aromatic N) is 2. The zero-order valence-electron chi connectivity index (χ0n) is 15.6. The summed E-state index contributed by atoms with van der Waals surface area (Å²) in [5, 5.41) is 0. The number of piperazine rings is 1. The molecule has 0 N–H and O–H groups in total. The van der Waals surface area contributed by atoms with Crippen LogP contribution in [0.4, 0.5) is 8.78 Å². The summed E-state index contributed by atoms with van der Waals surface area (Å²) < 4.78 is 85.3. The quantitative estimate of drug-likeness (QED) is 0.678. The van der Waals surface area contributed by atoms with E-state index in [4.69, 9.17) is 4.74 Å². The minimum atomic E-state index is -4.20. The smallest absolute Gasteiger partial charge is 0.246 e. The first-order chi connectivity index (χ1) is 13.7. The van der Waals surface area contributed by atoms with Gasteiger partial charge in [0.2, 0.25) is 20.0 Å². The normalized spacial score (nSPS) is 16.7. The van der Waals surface area contributed by atoms with E-state index in [1.165, 1.54) is 16.4 Å². The van der Waals surface area contributed by atoms with Crippen LogP contribution in [-0.4, -0.2) is 58.2 Å². The van der Waals surface area contributed by atoms with Crippen molar-refractivity contribution in [3.63, 3.8) is 0 Å². The Morgan fingerprint density at radius 3 is 1.93 bits per heavy atom. The van der Waals surface area contributed by atoms with Crippen LogP contribution in [0.1, 0.15) is 6.92 Å². The number of halogens is 2. The average Bonchev–Trinajstić information content (AvgIpc) is 2.68. The minimum Gasteiger partial charge on any atom is -0.494 e. The largest absolute Gasteiger partial charge is 0.494 e. The summed E-state index contributed by atoms with van der Waals surface area (Å²) in [6.07, 6.45) is 0. The lowest BCUT2D eigenvalue weighted by Crippen LogP contribution is -2.50. The van der Waals surface area contributed by atoms with E-state index in [1.807, 2.05) is 6.92 Å². The highest BCUT2D eigenvalue weighted by Crippen LogP contribution is 2.24. The monoisotopic (exact) mass is 446 g/mol. The van der Waals surface area contributed by atoms with Gasteiger partial charge in [-0.1, -0.05) is 0 Å². The first kappa shape index (κ1) is 21.6. The molecule has 11 heteroatoms. The van der Waals surface area contributed by atoms with Gasteiger partial charge in [-0.05, 0) is 43.3 Å². The van der Waals surface area contributed by atoms with Crippen molar-refractivity contribution in [1.82, 2.24) is 8.61 Å². The van der Waals surface area contributed by atoms with Gasteiger partial charge in [0.1, 0.15) is 22.3 Å². The predicted molar refractivity (Wildman–Crippen MR) is 101 cm³/mol. The molecule has 3 rings (SSSR count). The van der Waals surface area contributed by atoms with Crippen molar-refractivity contribution in [3.8, 4) is 5.75 Å². The molecule has 1 aliphatic rings. The molecule has 0 saturated carbocycles. The summed E-state index contributed by atoms with van der Waals surface area (Å²) in [4.78, 5) is -0.566. The van der Waals surface area contributed by atoms with Gasteiger partial charge in [-0.25, -0.2) is 25.6 Å². The molecule has 1 heterocycles. The van der Waals surface area contributed by atoms with Crippen LogP contribution in [-0.2, 0) is 20.0 Å². The van der Waals surface area contributed by atoms with E-state index in [9.17, 15) is 25.6 Å². The van der Waals surface area contributed by atoms with Gasteiger partial charge in [-0.15, -0.1) is 0 Å². The van der Waals surface area contributed by atoms with Crippen molar-refractivity contribution < 1.29 is 30.4 Å². The van der Waals surface area contributed by atoms with Crippen molar-refractivity contribution in [2.45, 2.75) is 16.7 Å². The van der Waals surface area contributed by atoms with Gasteiger partial charge in [-0.3, -0.25) is 0 Å². The summed E-state index contributed by atoms with van der Waals surface area (Å²) in [5.41, 5.74) is 0. The van der Waals surface area contributed by atoms with E-state index in [2.05, 4.69) is 0 Å². The van der Waals surface area contributed by atoms with Crippen LogP contribution in [0.3, 0.4) is 0 Å². The fourth-order valence-electron chi connectivity index (χ4n) is 3.00. The molecule has 2 aromatic carbocycles. The SMILES string of the molecule is CCOc1ccc(S(=O)(=O)N2CCN(S(=O)(=O)c3ccc(F)cc3F)CC2)cc1. The summed E-state index contributed by atoms with van der Waals surface area (Å²) in [5.74, 6) is -1.52. The van der Waals surface area contributed by atoms with E-state index in [1.54, 1.807) is 12.1 Å². The standard InChI is InChI=1S/C18H20F2N2O5S2/c1-2-27-15-4-6-16(7-5-15)28(23,24)21-9-11-22(12-10-21)29(25,26)18-8-3-14(19)13-17(18)20/h3-8,13H,2,9-12H2,1H3. The van der Waals surface area contributed by atoms with E-state index in [0.29, 0.717) is 18.4 Å². The van der Waals surface area contributed by atoms with Crippen molar-refractivity contribution in [3.05, 3.63) is 54.1 Å². The van der Waals surface area contributed by atoms with Crippen LogP contribution < -0.4 is 4.74 Å². The summed E-state index contributed by atoms with van der Waals surface area (Å²) in [7, 11) is -8.01. The number of sulfonamides is 2. The van der Waals surface area contributed by atoms with Crippen molar-refractivity contribution in [1.29, 1.82) is 0 Å². The molecule has 1 fully saturated rings. The zero-order valence-corrected chi connectivity index (χ0v) is 17.2. The lowest BCUT2D eigenvalue weighted by molar-refractivity contribution is 0.272. The Hall–Kier alpha value is -2.08. The second-order valence-corrected chi connectivity index (χ2v) is 10.1. The third kappa shape index (κ3) is 4.42. The predicted octanol–water partition coefficient (Wildman–Crippen LogP) is 2.06. The van der Waals surface area contributed by atoms with Gasteiger partial charge in [0.25, 0.3) is 0 Å². The van der Waals surface area contributed by atoms with Crippen molar-refractivity contribution in [2.75, 3.05) is 32.8 Å². The molecule has 0 aliphatic carbocycles. The molecule has 0 unspecified atom stereocenters. The van der Waals surface area contributed by atoms with E-state index < -0.39 is 36.6 Å². The maximum absolute atomic E-state index is 13.9. The van der Waals surface area contributed by atoms with Crippen LogP contribution in [0.5, 0.6) is 5.75 Å². The highest BCUT2D eigenvalue weighted by atomic mass is 32.2. The Morgan fingerprint density at radius 1 is 0.862 bits per heavy atom. The lowest BCUT2D eigenvalue weighted by atomic mass is 10.3. The van der Waals surface area contributed by atoms with Gasteiger partial charge in [-0.2, -0.15) is 8.61 Å². The van der Waals surface area contributed by atoms with Crippen molar-refractivity contribution in [2.24, 2.45) is 0 Å². The molecule has 7 nitrogen and oxygen atoms in total. The van der Waals surface area contributed by atoms with Crippen molar-refractivity contribution >= 4 is 20.0 Å². The van der Waals surface area contributed by atoms with Crippen LogP contribution >= 0.6 is 0 Å². The highest BCUT2D eigenvalue weighted by molar-refractivity contribution is 7.89. The maximum atomic E-state index is 13.9. The molecule has 29 heavy (non-hydrogen) atoms. The fraction of sp³-hybridized carbons (Fsp3) is 0.333. The van der Waals surface area contributed by atoms with Crippen LogP contribution in [0.2, 0.25) is 0 Å². The van der Waals surface area contributed by atoms with Crippen LogP contribution in [0, 0.1) is 11.6 Å². The number of hydrogen-bond acceptors (Lipinski definition) is 5. The lowest BCUT2D eigenvalue weighted by Gasteiger charge is -2.33. The number of hydrogen-bond donors (Lipinski definition) is 0. The fourth-order valence-corrected chi connectivity index (χ4v) is 5.89. The summed E-state index contributed by atoms with van der Waals surface area (Å²) in [6.45, 7) is 1.81. The van der Waals surface area contributed by atoms with Gasteiger partial charge in [0, 0.05) is 32.2 Å². The molecular formula is C18H20F2N2O5S2. The molecule has 0 amide bonds. The second kappa shape index (κ2) is 8.34. The van der Waals surface area contributed by atoms with Gasteiger partial charge < -0.3 is 4.74 Å². The Balaban J connectivity index is 1.74. The van der Waals surface area contributed by atoms with Gasteiger partial charge >= 0.3 is 0 Å². The molecule has 0 radical (unpaired) electrons. The van der Waals surface area contributed by atoms with Crippen LogP contribution in [0.15, 0.2) is 52.3 Å². The maximum Gasteiger partial charge on any atom is 0.246 e. The minimum absolute atomic E-state index is 0.0711. The second-order valence-electron chi connectivity index (χ2n) is 6.29. The summed E-state index contributed by atoms with van der Waals surface area (Å²) >= 11 is 0. The third-order valence-corrected chi connectivity index (χ3v) is 8.33. The van der Waals surface area contributed by atoms with Gasteiger partial charge in [0.05, 0.1) is 11.5 Å². The van der Waals surface area contributed by atoms with Gasteiger partial charge in [0.15, 0.2) is 0 Å². The first-order valence-electron chi connectivity index (χ1n) is 8.84. The Labute approximate surface area is 168 Å².